The van der Waals surface area contributed by atoms with Gasteiger partial charge < -0.3 is 4.74 Å². The van der Waals surface area contributed by atoms with Gasteiger partial charge in [-0.15, -0.1) is 0 Å². The number of ether oxygens (including phenoxy) is 1. The van der Waals surface area contributed by atoms with Crippen LogP contribution in [-0.2, 0) is 20.3 Å². The van der Waals surface area contributed by atoms with Crippen molar-refractivity contribution in [3.63, 3.8) is 0 Å². The van der Waals surface area contributed by atoms with Crippen molar-refractivity contribution in [2.75, 3.05) is 18.6 Å². The fourth-order valence-corrected chi connectivity index (χ4v) is 4.30. The maximum atomic E-state index is 11.9. The number of methoxy groups -OCH3 is 1. The van der Waals surface area contributed by atoms with Gasteiger partial charge in [-0.1, -0.05) is 6.42 Å². The first kappa shape index (κ1) is 12.1. The molecule has 0 spiro atoms. The first-order valence-corrected chi connectivity index (χ1v) is 7.54. The van der Waals surface area contributed by atoms with Crippen LogP contribution in [0.1, 0.15) is 38.5 Å². The Hall–Kier alpha value is -0.380. The van der Waals surface area contributed by atoms with E-state index >= 15 is 0 Å². The summed E-state index contributed by atoms with van der Waals surface area (Å²) in [6.07, 6.45) is 6.33. The molecule has 0 amide bonds. The molecule has 0 saturated heterocycles. The molecular formula is C12H20O3S. The van der Waals surface area contributed by atoms with Gasteiger partial charge in [0.15, 0.2) is 0 Å². The summed E-state index contributed by atoms with van der Waals surface area (Å²) < 4.78 is 16.6. The summed E-state index contributed by atoms with van der Waals surface area (Å²) in [7, 11) is 0.689. The van der Waals surface area contributed by atoms with Gasteiger partial charge >= 0.3 is 5.97 Å². The zero-order chi connectivity index (χ0) is 11.6. The Morgan fingerprint density at radius 1 is 1.44 bits per heavy atom. The standard InChI is InChI=1S/C12H20O3S/c1-15-11(13)7-12(5-6-12)9-16(14)8-10-3-2-4-10/h10H,2-9H2,1H3. The molecule has 2 aliphatic carbocycles. The van der Waals surface area contributed by atoms with Gasteiger partial charge in [0.05, 0.1) is 13.5 Å². The molecule has 92 valence electrons. The maximum Gasteiger partial charge on any atom is 0.306 e. The summed E-state index contributed by atoms with van der Waals surface area (Å²) in [5.74, 6) is 2.09. The zero-order valence-electron chi connectivity index (χ0n) is 9.87. The second-order valence-corrected chi connectivity index (χ2v) is 6.80. The first-order valence-electron chi connectivity index (χ1n) is 6.05. The van der Waals surface area contributed by atoms with E-state index in [1.54, 1.807) is 0 Å². The number of hydrogen-bond acceptors (Lipinski definition) is 3. The SMILES string of the molecule is COC(=O)CC1(CS(=O)CC2CCC2)CC1. The molecule has 0 aromatic carbocycles. The van der Waals surface area contributed by atoms with Crippen molar-refractivity contribution < 1.29 is 13.7 Å². The molecule has 0 bridgehead atoms. The van der Waals surface area contributed by atoms with Crippen molar-refractivity contribution in [1.82, 2.24) is 0 Å². The third kappa shape index (κ3) is 3.06. The van der Waals surface area contributed by atoms with Crippen LogP contribution in [0.5, 0.6) is 0 Å². The molecular weight excluding hydrogens is 224 g/mol. The van der Waals surface area contributed by atoms with E-state index < -0.39 is 10.8 Å². The van der Waals surface area contributed by atoms with Crippen LogP contribution in [0, 0.1) is 11.3 Å². The molecule has 2 fully saturated rings. The molecule has 2 rings (SSSR count). The highest BCUT2D eigenvalue weighted by atomic mass is 32.2. The second-order valence-electron chi connectivity index (χ2n) is 5.30. The second kappa shape index (κ2) is 4.86. The van der Waals surface area contributed by atoms with E-state index in [1.165, 1.54) is 26.4 Å². The normalized spacial score (nSPS) is 24.6. The topological polar surface area (TPSA) is 43.4 Å². The zero-order valence-corrected chi connectivity index (χ0v) is 10.7. The fourth-order valence-electron chi connectivity index (χ4n) is 2.25. The van der Waals surface area contributed by atoms with Crippen LogP contribution < -0.4 is 0 Å². The van der Waals surface area contributed by atoms with E-state index in [2.05, 4.69) is 4.74 Å². The maximum absolute atomic E-state index is 11.9. The lowest BCUT2D eigenvalue weighted by Crippen LogP contribution is -2.24. The fraction of sp³-hybridized carbons (Fsp3) is 0.917. The van der Waals surface area contributed by atoms with Gasteiger partial charge in [0.1, 0.15) is 0 Å². The Morgan fingerprint density at radius 2 is 2.12 bits per heavy atom. The lowest BCUT2D eigenvalue weighted by molar-refractivity contribution is -0.141. The van der Waals surface area contributed by atoms with Gasteiger partial charge in [-0.05, 0) is 37.0 Å². The van der Waals surface area contributed by atoms with Gasteiger partial charge in [-0.2, -0.15) is 0 Å². The highest BCUT2D eigenvalue weighted by Gasteiger charge is 2.46. The van der Waals surface area contributed by atoms with Crippen LogP contribution in [0.25, 0.3) is 0 Å². The van der Waals surface area contributed by atoms with Crippen molar-refractivity contribution >= 4 is 16.8 Å². The third-order valence-corrected chi connectivity index (χ3v) is 5.60. The monoisotopic (exact) mass is 244 g/mol. The highest BCUT2D eigenvalue weighted by Crippen LogP contribution is 2.49. The van der Waals surface area contributed by atoms with Gasteiger partial charge in [-0.3, -0.25) is 9.00 Å². The highest BCUT2D eigenvalue weighted by molar-refractivity contribution is 7.85. The summed E-state index contributed by atoms with van der Waals surface area (Å²) >= 11 is 0. The minimum atomic E-state index is -0.732. The molecule has 16 heavy (non-hydrogen) atoms. The average molecular weight is 244 g/mol. The molecule has 2 saturated carbocycles. The van der Waals surface area contributed by atoms with Crippen molar-refractivity contribution in [2.45, 2.75) is 38.5 Å². The van der Waals surface area contributed by atoms with E-state index in [-0.39, 0.29) is 11.4 Å². The van der Waals surface area contributed by atoms with Gasteiger partial charge in [0.25, 0.3) is 0 Å². The van der Waals surface area contributed by atoms with Crippen LogP contribution in [0.3, 0.4) is 0 Å². The average Bonchev–Trinajstić information content (AvgIpc) is 2.91. The number of rotatable bonds is 6. The molecule has 0 aromatic rings. The third-order valence-electron chi connectivity index (χ3n) is 3.82. The Balaban J connectivity index is 1.74. The van der Waals surface area contributed by atoms with E-state index in [1.807, 2.05) is 0 Å². The first-order chi connectivity index (χ1) is 7.63. The molecule has 0 aliphatic heterocycles. The summed E-state index contributed by atoms with van der Waals surface area (Å²) in [4.78, 5) is 11.2. The number of esters is 1. The Bertz CT molecular complexity index is 293. The lowest BCUT2D eigenvalue weighted by Gasteiger charge is -2.25. The van der Waals surface area contributed by atoms with E-state index in [0.717, 1.165) is 18.6 Å². The molecule has 1 unspecified atom stereocenters. The molecule has 0 heterocycles. The largest absolute Gasteiger partial charge is 0.469 e. The number of carbonyl (C=O) groups excluding carboxylic acids is 1. The van der Waals surface area contributed by atoms with Gasteiger partial charge in [0, 0.05) is 22.3 Å². The van der Waals surface area contributed by atoms with Crippen LogP contribution in [0.2, 0.25) is 0 Å². The minimum Gasteiger partial charge on any atom is -0.469 e. The smallest absolute Gasteiger partial charge is 0.306 e. The Morgan fingerprint density at radius 3 is 2.56 bits per heavy atom. The summed E-state index contributed by atoms with van der Waals surface area (Å²) in [6.45, 7) is 0. The van der Waals surface area contributed by atoms with Crippen LogP contribution >= 0.6 is 0 Å². The summed E-state index contributed by atoms with van der Waals surface area (Å²) in [5.41, 5.74) is 0.0295. The number of hydrogen-bond donors (Lipinski definition) is 0. The molecule has 0 N–H and O–H groups in total. The molecule has 1 atom stereocenters. The Kier molecular flexibility index (Phi) is 3.67. The van der Waals surface area contributed by atoms with Crippen LogP contribution in [-0.4, -0.2) is 28.8 Å². The number of carbonyl (C=O) groups is 1. The predicted molar refractivity (Wildman–Crippen MR) is 63.5 cm³/mol. The Labute approximate surface area is 99.4 Å². The van der Waals surface area contributed by atoms with Crippen LogP contribution in [0.15, 0.2) is 0 Å². The van der Waals surface area contributed by atoms with Crippen molar-refractivity contribution in [1.29, 1.82) is 0 Å². The molecule has 2 aliphatic rings. The van der Waals surface area contributed by atoms with E-state index in [0.29, 0.717) is 18.1 Å². The minimum absolute atomic E-state index is 0.0295. The van der Waals surface area contributed by atoms with E-state index in [9.17, 15) is 9.00 Å². The van der Waals surface area contributed by atoms with Gasteiger partial charge in [0.2, 0.25) is 0 Å². The molecule has 4 heteroatoms. The van der Waals surface area contributed by atoms with Crippen molar-refractivity contribution in [2.24, 2.45) is 11.3 Å². The van der Waals surface area contributed by atoms with Crippen LogP contribution in [0.4, 0.5) is 0 Å². The molecule has 0 aromatic heterocycles. The quantitative estimate of drug-likeness (QED) is 0.670. The van der Waals surface area contributed by atoms with E-state index in [4.69, 9.17) is 0 Å². The summed E-state index contributed by atoms with van der Waals surface area (Å²) in [6, 6.07) is 0. The van der Waals surface area contributed by atoms with Crippen molar-refractivity contribution in [3.05, 3.63) is 0 Å². The van der Waals surface area contributed by atoms with Crippen molar-refractivity contribution in [3.8, 4) is 0 Å². The summed E-state index contributed by atoms with van der Waals surface area (Å²) in [5, 5.41) is 0. The molecule has 3 nitrogen and oxygen atoms in total. The van der Waals surface area contributed by atoms with Gasteiger partial charge in [-0.25, -0.2) is 0 Å². The lowest BCUT2D eigenvalue weighted by atomic mass is 9.87. The predicted octanol–water partition coefficient (Wildman–Crippen LogP) is 1.88. The molecule has 0 radical (unpaired) electrons.